The number of hydrogen-bond donors (Lipinski definition) is 2. The first-order chi connectivity index (χ1) is 10.3. The van der Waals surface area contributed by atoms with Gasteiger partial charge in [-0.05, 0) is 17.7 Å². The molecule has 1 aliphatic rings. The van der Waals surface area contributed by atoms with Crippen LogP contribution in [0.5, 0.6) is 11.5 Å². The van der Waals surface area contributed by atoms with Gasteiger partial charge >= 0.3 is 0 Å². The van der Waals surface area contributed by atoms with Gasteiger partial charge in [0.25, 0.3) is 0 Å². The number of halogens is 1. The summed E-state index contributed by atoms with van der Waals surface area (Å²) >= 11 is 0. The van der Waals surface area contributed by atoms with Crippen LogP contribution < -0.4 is 20.1 Å². The Morgan fingerprint density at radius 2 is 1.95 bits per heavy atom. The predicted molar refractivity (Wildman–Crippen MR) is 86.1 cm³/mol. The Hall–Kier alpha value is -1.50. The van der Waals surface area contributed by atoms with E-state index in [0.29, 0.717) is 38.5 Å². The molecule has 0 radical (unpaired) electrons. The summed E-state index contributed by atoms with van der Waals surface area (Å²) in [6, 6.07) is 5.61. The Kier molecular flexibility index (Phi) is 8.65. The fraction of sp³-hybridized carbons (Fsp3) is 0.533. The minimum atomic E-state index is 0. The number of benzene rings is 1. The van der Waals surface area contributed by atoms with Gasteiger partial charge in [-0.25, -0.2) is 0 Å². The highest BCUT2D eigenvalue weighted by Gasteiger charge is 2.12. The van der Waals surface area contributed by atoms with Crippen molar-refractivity contribution in [3.8, 4) is 11.5 Å². The van der Waals surface area contributed by atoms with E-state index >= 15 is 0 Å². The molecule has 7 heteroatoms. The molecule has 1 aliphatic heterocycles. The van der Waals surface area contributed by atoms with Crippen molar-refractivity contribution < 1.29 is 19.0 Å². The number of hydrogen-bond acceptors (Lipinski definition) is 5. The van der Waals surface area contributed by atoms with Crippen molar-refractivity contribution in [2.45, 2.75) is 6.42 Å². The van der Waals surface area contributed by atoms with Crippen LogP contribution in [0, 0.1) is 0 Å². The molecule has 1 heterocycles. The first kappa shape index (κ1) is 18.5. The second kappa shape index (κ2) is 10.3. The number of rotatable bonds is 8. The number of fused-ring (bicyclic) bond motifs is 1. The zero-order valence-corrected chi connectivity index (χ0v) is 13.5. The molecule has 0 aromatic heterocycles. The van der Waals surface area contributed by atoms with Crippen LogP contribution in [-0.4, -0.2) is 52.5 Å². The number of carbonyl (C=O) groups excluding carboxylic acids is 1. The van der Waals surface area contributed by atoms with E-state index < -0.39 is 0 Å². The third-order valence-corrected chi connectivity index (χ3v) is 3.08. The highest BCUT2D eigenvalue weighted by atomic mass is 35.5. The lowest BCUT2D eigenvalue weighted by molar-refractivity contribution is -0.120. The Bertz CT molecular complexity index is 471. The molecule has 124 valence electrons. The Morgan fingerprint density at radius 3 is 2.73 bits per heavy atom. The number of nitrogens with one attached hydrogen (secondary N) is 2. The zero-order chi connectivity index (χ0) is 14.9. The van der Waals surface area contributed by atoms with Gasteiger partial charge in [-0.1, -0.05) is 6.07 Å². The van der Waals surface area contributed by atoms with E-state index in [0.717, 1.165) is 24.4 Å². The number of ether oxygens (including phenoxy) is 3. The first-order valence-electron chi connectivity index (χ1n) is 7.14. The summed E-state index contributed by atoms with van der Waals surface area (Å²) in [4.78, 5) is 11.8. The summed E-state index contributed by atoms with van der Waals surface area (Å²) in [7, 11) is 1.66. The molecule has 6 nitrogen and oxygen atoms in total. The van der Waals surface area contributed by atoms with Gasteiger partial charge in [-0.15, -0.1) is 12.4 Å². The second-order valence-corrected chi connectivity index (χ2v) is 4.75. The molecule has 0 atom stereocenters. The molecule has 0 saturated carbocycles. The van der Waals surface area contributed by atoms with Crippen molar-refractivity contribution in [2.24, 2.45) is 0 Å². The van der Waals surface area contributed by atoms with Gasteiger partial charge in [0, 0.05) is 26.7 Å². The van der Waals surface area contributed by atoms with Gasteiger partial charge in [-0.2, -0.15) is 0 Å². The van der Waals surface area contributed by atoms with Crippen LogP contribution in [0.3, 0.4) is 0 Å². The maximum atomic E-state index is 11.8. The second-order valence-electron chi connectivity index (χ2n) is 4.75. The van der Waals surface area contributed by atoms with Gasteiger partial charge in [-0.3, -0.25) is 4.79 Å². The van der Waals surface area contributed by atoms with Gasteiger partial charge in [0.1, 0.15) is 13.2 Å². The molecule has 0 aliphatic carbocycles. The molecular weight excluding hydrogens is 308 g/mol. The molecule has 0 bridgehead atoms. The summed E-state index contributed by atoms with van der Waals surface area (Å²) in [5.41, 5.74) is 0.920. The summed E-state index contributed by atoms with van der Waals surface area (Å²) < 4.78 is 15.9. The van der Waals surface area contributed by atoms with Crippen LogP contribution in [0.2, 0.25) is 0 Å². The van der Waals surface area contributed by atoms with Crippen molar-refractivity contribution >= 4 is 18.3 Å². The highest BCUT2D eigenvalue weighted by Crippen LogP contribution is 2.30. The number of amides is 1. The maximum Gasteiger partial charge on any atom is 0.224 e. The molecule has 1 amide bonds. The third kappa shape index (κ3) is 6.09. The highest BCUT2D eigenvalue weighted by molar-refractivity contribution is 5.85. The van der Waals surface area contributed by atoms with Crippen molar-refractivity contribution in [3.05, 3.63) is 23.8 Å². The Balaban J connectivity index is 0.00000242. The van der Waals surface area contributed by atoms with E-state index in [1.165, 1.54) is 0 Å². The van der Waals surface area contributed by atoms with E-state index in [-0.39, 0.29) is 18.3 Å². The van der Waals surface area contributed by atoms with Crippen LogP contribution in [-0.2, 0) is 16.0 Å². The smallest absolute Gasteiger partial charge is 0.224 e. The van der Waals surface area contributed by atoms with Crippen LogP contribution in [0.25, 0.3) is 0 Å². The average molecular weight is 331 g/mol. The minimum Gasteiger partial charge on any atom is -0.486 e. The maximum absolute atomic E-state index is 11.8. The Labute approximate surface area is 136 Å². The van der Waals surface area contributed by atoms with E-state index in [1.54, 1.807) is 7.11 Å². The normalized spacial score (nSPS) is 12.4. The molecule has 0 spiro atoms. The molecule has 2 rings (SSSR count). The largest absolute Gasteiger partial charge is 0.486 e. The molecule has 0 fully saturated rings. The topological polar surface area (TPSA) is 68.8 Å². The lowest BCUT2D eigenvalue weighted by Gasteiger charge is -2.18. The zero-order valence-electron chi connectivity index (χ0n) is 12.7. The van der Waals surface area contributed by atoms with Gasteiger partial charge < -0.3 is 24.8 Å². The molecule has 0 unspecified atom stereocenters. The standard InChI is InChI=1S/C15H22N2O4.ClH/c1-19-7-6-16-4-5-17-15(18)11-12-2-3-13-14(10-12)21-9-8-20-13;/h2-3,10,16H,4-9,11H2,1H3,(H,17,18);1H. The quantitative estimate of drug-likeness (QED) is 0.689. The summed E-state index contributed by atoms with van der Waals surface area (Å²) in [6.45, 7) is 3.92. The lowest BCUT2D eigenvalue weighted by atomic mass is 10.1. The molecule has 0 saturated heterocycles. The summed E-state index contributed by atoms with van der Waals surface area (Å²) in [5.74, 6) is 1.46. The predicted octanol–water partition coefficient (Wildman–Crippen LogP) is 0.774. The van der Waals surface area contributed by atoms with Crippen LogP contribution >= 0.6 is 12.4 Å². The summed E-state index contributed by atoms with van der Waals surface area (Å²) in [5, 5.41) is 6.04. The van der Waals surface area contributed by atoms with Crippen molar-refractivity contribution in [1.82, 2.24) is 10.6 Å². The van der Waals surface area contributed by atoms with E-state index in [4.69, 9.17) is 14.2 Å². The van der Waals surface area contributed by atoms with Crippen molar-refractivity contribution in [3.63, 3.8) is 0 Å². The van der Waals surface area contributed by atoms with Gasteiger partial charge in [0.05, 0.1) is 13.0 Å². The number of carbonyl (C=O) groups is 1. The first-order valence-corrected chi connectivity index (χ1v) is 7.14. The fourth-order valence-electron chi connectivity index (χ4n) is 2.04. The van der Waals surface area contributed by atoms with E-state index in [1.807, 2.05) is 18.2 Å². The monoisotopic (exact) mass is 330 g/mol. The van der Waals surface area contributed by atoms with E-state index in [2.05, 4.69) is 10.6 Å². The Morgan fingerprint density at radius 1 is 1.18 bits per heavy atom. The van der Waals surface area contributed by atoms with Crippen LogP contribution in [0.4, 0.5) is 0 Å². The molecule has 1 aromatic rings. The SMILES string of the molecule is COCCNCCNC(=O)Cc1ccc2c(c1)OCCO2.Cl. The number of methoxy groups -OCH3 is 1. The molecular formula is C15H23ClN2O4. The molecule has 2 N–H and O–H groups in total. The minimum absolute atomic E-state index is 0. The van der Waals surface area contributed by atoms with Gasteiger partial charge in [0.15, 0.2) is 11.5 Å². The average Bonchev–Trinajstić information content (AvgIpc) is 2.50. The van der Waals surface area contributed by atoms with Crippen LogP contribution in [0.1, 0.15) is 5.56 Å². The lowest BCUT2D eigenvalue weighted by Crippen LogP contribution is -2.33. The summed E-state index contributed by atoms with van der Waals surface area (Å²) in [6.07, 6.45) is 0.342. The van der Waals surface area contributed by atoms with Crippen molar-refractivity contribution in [1.29, 1.82) is 0 Å². The molecule has 1 aromatic carbocycles. The molecule has 22 heavy (non-hydrogen) atoms. The third-order valence-electron chi connectivity index (χ3n) is 3.08. The van der Waals surface area contributed by atoms with Crippen LogP contribution in [0.15, 0.2) is 18.2 Å². The fourth-order valence-corrected chi connectivity index (χ4v) is 2.04. The van der Waals surface area contributed by atoms with E-state index in [9.17, 15) is 4.79 Å². The van der Waals surface area contributed by atoms with Gasteiger partial charge in [0.2, 0.25) is 5.91 Å². The van der Waals surface area contributed by atoms with Crippen molar-refractivity contribution in [2.75, 3.05) is 46.6 Å².